The molecule has 1 saturated heterocycles. The number of nitrogens with one attached hydrogen (secondary N) is 2. The first kappa shape index (κ1) is 23.6. The van der Waals surface area contributed by atoms with Crippen molar-refractivity contribution in [3.63, 3.8) is 0 Å². The number of carbonyl (C=O) groups is 3. The van der Waals surface area contributed by atoms with E-state index in [1.807, 2.05) is 0 Å². The second-order valence-corrected chi connectivity index (χ2v) is 9.39. The van der Waals surface area contributed by atoms with Crippen LogP contribution in [0.3, 0.4) is 0 Å². The number of amides is 3. The Morgan fingerprint density at radius 1 is 1.19 bits per heavy atom. The molecule has 9 heteroatoms. The summed E-state index contributed by atoms with van der Waals surface area (Å²) in [7, 11) is 0. The van der Waals surface area contributed by atoms with Gasteiger partial charge in [0.05, 0.1) is 12.2 Å². The molecule has 1 atom stereocenters. The van der Waals surface area contributed by atoms with Gasteiger partial charge in [0, 0.05) is 23.9 Å². The summed E-state index contributed by atoms with van der Waals surface area (Å²) in [5, 5.41) is 5.05. The van der Waals surface area contributed by atoms with Crippen molar-refractivity contribution in [2.45, 2.75) is 31.2 Å². The molecular weight excluding hydrogens is 433 g/mol. The van der Waals surface area contributed by atoms with E-state index in [0.29, 0.717) is 11.4 Å². The molecule has 3 rings (SSSR count). The predicted molar refractivity (Wildman–Crippen MR) is 120 cm³/mol. The van der Waals surface area contributed by atoms with Gasteiger partial charge < -0.3 is 20.3 Å². The maximum absolute atomic E-state index is 14.8. The number of para-hydroxylation sites is 1. The van der Waals surface area contributed by atoms with E-state index in [9.17, 15) is 18.8 Å². The molecule has 1 aliphatic rings. The average Bonchev–Trinajstić information content (AvgIpc) is 3.18. The molecule has 2 aromatic carbocycles. The van der Waals surface area contributed by atoms with Gasteiger partial charge in [-0.3, -0.25) is 4.79 Å². The highest BCUT2D eigenvalue weighted by atomic mass is 32.2. The third kappa shape index (κ3) is 5.21. The Morgan fingerprint density at radius 3 is 2.56 bits per heavy atom. The van der Waals surface area contributed by atoms with E-state index in [2.05, 4.69) is 16.7 Å². The number of hydrogen-bond donors (Lipinski definition) is 2. The highest BCUT2D eigenvalue weighted by Gasteiger charge is 2.55. The SMILES string of the molecule is CC(C)(C)OC(=O)[C@@]1(c2ccccc2F)SCCN1C(=O)CNC(=O)Nc1[c]cccc1. The Morgan fingerprint density at radius 2 is 1.91 bits per heavy atom. The van der Waals surface area contributed by atoms with Crippen LogP contribution in [0.25, 0.3) is 0 Å². The minimum Gasteiger partial charge on any atom is -0.457 e. The van der Waals surface area contributed by atoms with Crippen LogP contribution in [-0.2, 0) is 19.2 Å². The smallest absolute Gasteiger partial charge is 0.348 e. The fourth-order valence-corrected chi connectivity index (χ4v) is 4.69. The Balaban J connectivity index is 1.82. The minimum atomic E-state index is -1.68. The summed E-state index contributed by atoms with van der Waals surface area (Å²) in [6.45, 7) is 4.94. The number of benzene rings is 2. The average molecular weight is 459 g/mol. The quantitative estimate of drug-likeness (QED) is 0.670. The molecule has 2 N–H and O–H groups in total. The van der Waals surface area contributed by atoms with Crippen LogP contribution in [0.4, 0.5) is 14.9 Å². The summed E-state index contributed by atoms with van der Waals surface area (Å²) < 4.78 is 20.4. The third-order valence-corrected chi connectivity index (χ3v) is 5.99. The van der Waals surface area contributed by atoms with Gasteiger partial charge in [0.1, 0.15) is 11.4 Å². The highest BCUT2D eigenvalue weighted by molar-refractivity contribution is 8.01. The van der Waals surface area contributed by atoms with Crippen LogP contribution in [0.5, 0.6) is 0 Å². The van der Waals surface area contributed by atoms with E-state index in [-0.39, 0.29) is 18.7 Å². The first-order chi connectivity index (χ1) is 15.1. The van der Waals surface area contributed by atoms with Crippen molar-refractivity contribution in [1.29, 1.82) is 0 Å². The van der Waals surface area contributed by atoms with E-state index >= 15 is 0 Å². The molecule has 169 valence electrons. The van der Waals surface area contributed by atoms with Crippen molar-refractivity contribution in [3.8, 4) is 0 Å². The summed E-state index contributed by atoms with van der Waals surface area (Å²) in [6.07, 6.45) is 0. The Kier molecular flexibility index (Phi) is 7.08. The second-order valence-electron chi connectivity index (χ2n) is 8.10. The normalized spacial score (nSPS) is 18.2. The number of thioether (sulfide) groups is 1. The van der Waals surface area contributed by atoms with Crippen LogP contribution >= 0.6 is 11.8 Å². The van der Waals surface area contributed by atoms with Gasteiger partial charge in [-0.1, -0.05) is 36.4 Å². The minimum absolute atomic E-state index is 0.0495. The molecule has 1 radical (unpaired) electrons. The van der Waals surface area contributed by atoms with Crippen LogP contribution in [0.2, 0.25) is 0 Å². The molecule has 3 amide bonds. The number of carbonyl (C=O) groups excluding carboxylic acids is 3. The standard InChI is InChI=1S/C23H25FN3O4S/c1-22(2,3)31-20(29)23(17-11-7-8-12-18(17)24)27(13-14-32-23)19(28)15-25-21(30)26-16-9-5-4-6-10-16/h4-9,11-12H,13-15H2,1-3H3,(H2,25,26,30)/t23-/m1/s1. The lowest BCUT2D eigenvalue weighted by Crippen LogP contribution is -2.54. The number of halogens is 1. The largest absolute Gasteiger partial charge is 0.457 e. The van der Waals surface area contributed by atoms with Gasteiger partial charge in [-0.2, -0.15) is 0 Å². The van der Waals surface area contributed by atoms with Crippen molar-refractivity contribution < 1.29 is 23.5 Å². The zero-order chi connectivity index (χ0) is 23.4. The molecule has 0 aliphatic carbocycles. The summed E-state index contributed by atoms with van der Waals surface area (Å²) in [5.41, 5.74) is -0.338. The molecule has 1 aliphatic heterocycles. The number of hydrogen-bond acceptors (Lipinski definition) is 5. The molecule has 0 spiro atoms. The fourth-order valence-electron chi connectivity index (χ4n) is 3.29. The topological polar surface area (TPSA) is 87.7 Å². The predicted octanol–water partition coefficient (Wildman–Crippen LogP) is 3.52. The van der Waals surface area contributed by atoms with E-state index in [1.54, 1.807) is 51.1 Å². The maximum atomic E-state index is 14.8. The maximum Gasteiger partial charge on any atom is 0.348 e. The molecule has 0 saturated carbocycles. The zero-order valence-corrected chi connectivity index (χ0v) is 18.9. The van der Waals surface area contributed by atoms with Crippen molar-refractivity contribution in [1.82, 2.24) is 10.2 Å². The lowest BCUT2D eigenvalue weighted by Gasteiger charge is -2.37. The summed E-state index contributed by atoms with van der Waals surface area (Å²) in [6, 6.07) is 14.9. The van der Waals surface area contributed by atoms with Gasteiger partial charge >= 0.3 is 12.0 Å². The van der Waals surface area contributed by atoms with Crippen LogP contribution < -0.4 is 10.6 Å². The summed E-state index contributed by atoms with van der Waals surface area (Å²) in [5.74, 6) is -1.47. The van der Waals surface area contributed by atoms with Crippen LogP contribution in [0.15, 0.2) is 48.5 Å². The highest BCUT2D eigenvalue weighted by Crippen LogP contribution is 2.47. The van der Waals surface area contributed by atoms with Crippen molar-refractivity contribution in [2.75, 3.05) is 24.2 Å². The van der Waals surface area contributed by atoms with Crippen LogP contribution in [0, 0.1) is 11.9 Å². The van der Waals surface area contributed by atoms with Gasteiger partial charge in [-0.15, -0.1) is 11.8 Å². The molecule has 32 heavy (non-hydrogen) atoms. The van der Waals surface area contributed by atoms with Gasteiger partial charge in [0.2, 0.25) is 10.8 Å². The lowest BCUT2D eigenvalue weighted by molar-refractivity contribution is -0.167. The Bertz CT molecular complexity index is 996. The lowest BCUT2D eigenvalue weighted by atomic mass is 10.0. The van der Waals surface area contributed by atoms with E-state index < -0.39 is 34.2 Å². The molecular formula is C23H25FN3O4S. The van der Waals surface area contributed by atoms with E-state index in [0.717, 1.165) is 11.8 Å². The number of ether oxygens (including phenoxy) is 1. The molecule has 0 unspecified atom stereocenters. The van der Waals surface area contributed by atoms with Crippen molar-refractivity contribution in [3.05, 3.63) is 66.0 Å². The Labute approximate surface area is 190 Å². The van der Waals surface area contributed by atoms with E-state index in [4.69, 9.17) is 4.74 Å². The van der Waals surface area contributed by atoms with E-state index in [1.165, 1.54) is 23.1 Å². The van der Waals surface area contributed by atoms with Gasteiger partial charge in [-0.25, -0.2) is 14.0 Å². The zero-order valence-electron chi connectivity index (χ0n) is 18.1. The van der Waals surface area contributed by atoms with Gasteiger partial charge in [-0.05, 0) is 32.9 Å². The second kappa shape index (κ2) is 9.60. The number of anilines is 1. The molecule has 0 aromatic heterocycles. The summed E-state index contributed by atoms with van der Waals surface area (Å²) in [4.78, 5) is 38.2. The Hall–Kier alpha value is -3.07. The molecule has 7 nitrogen and oxygen atoms in total. The van der Waals surface area contributed by atoms with Crippen molar-refractivity contribution in [2.24, 2.45) is 0 Å². The summed E-state index contributed by atoms with van der Waals surface area (Å²) >= 11 is 1.14. The number of urea groups is 1. The van der Waals surface area contributed by atoms with Crippen molar-refractivity contribution >= 4 is 35.4 Å². The first-order valence-electron chi connectivity index (χ1n) is 10.1. The molecule has 1 heterocycles. The third-order valence-electron chi connectivity index (χ3n) is 4.58. The fraction of sp³-hybridized carbons (Fsp3) is 0.348. The van der Waals surface area contributed by atoms with Gasteiger partial charge in [0.25, 0.3) is 0 Å². The molecule has 1 fully saturated rings. The monoisotopic (exact) mass is 458 g/mol. The number of nitrogens with zero attached hydrogens (tertiary/aromatic N) is 1. The van der Waals surface area contributed by atoms with Gasteiger partial charge in [0.15, 0.2) is 0 Å². The molecule has 0 bridgehead atoms. The van der Waals surface area contributed by atoms with Crippen LogP contribution in [-0.4, -0.2) is 47.3 Å². The van der Waals surface area contributed by atoms with Crippen LogP contribution in [0.1, 0.15) is 26.3 Å². The number of esters is 1. The molecule has 2 aromatic rings. The number of rotatable bonds is 5. The first-order valence-corrected chi connectivity index (χ1v) is 11.1.